The standard InChI is InChI=1S/C28H35F3N8O5S/c1-5-33-25(41)37-22-9-18(24-36-21(15-45-24)28(29,30)31)19(13-34-22)17-8-16(10-32-12-17)11-35-38-23(40)20-14-43-7-6-39(20)26(42)44-27(2,3)4/h8-10,12-13,20-21,35H,5-7,11,14-15H2,1-4H3,(H,38,40)(H2,33,34,37,41). The Labute approximate surface area is 262 Å². The predicted octanol–water partition coefficient (Wildman–Crippen LogP) is 3.47. The van der Waals surface area contributed by atoms with Crippen LogP contribution in [-0.4, -0.2) is 93.9 Å². The second-order valence-corrected chi connectivity index (χ2v) is 12.1. The SMILES string of the molecule is CCNC(=O)Nc1cc(C2=NC(C(F)(F)F)CS2)c(-c2cncc(CNNC(=O)C3COCCN3C(=O)OC(C)(C)C)c2)cn1. The molecule has 2 aromatic heterocycles. The highest BCUT2D eigenvalue weighted by Crippen LogP contribution is 2.36. The van der Waals surface area contributed by atoms with E-state index in [2.05, 4.69) is 36.4 Å². The Bertz CT molecular complexity index is 1440. The number of alkyl halides is 3. The Kier molecular flexibility index (Phi) is 10.9. The van der Waals surface area contributed by atoms with E-state index in [-0.39, 0.29) is 42.9 Å². The number of carbonyl (C=O) groups excluding carboxylic acids is 3. The molecule has 0 saturated carbocycles. The summed E-state index contributed by atoms with van der Waals surface area (Å²) in [6, 6.07) is -0.0546. The molecule has 1 fully saturated rings. The van der Waals surface area contributed by atoms with Crippen molar-refractivity contribution in [3.63, 3.8) is 0 Å². The summed E-state index contributed by atoms with van der Waals surface area (Å²) in [7, 11) is 0. The van der Waals surface area contributed by atoms with Gasteiger partial charge >= 0.3 is 18.3 Å². The lowest BCUT2D eigenvalue weighted by Crippen LogP contribution is -2.58. The summed E-state index contributed by atoms with van der Waals surface area (Å²) >= 11 is 0.963. The summed E-state index contributed by atoms with van der Waals surface area (Å²) in [5.74, 6) is -0.625. The molecule has 1 saturated heterocycles. The third kappa shape index (κ3) is 9.27. The van der Waals surface area contributed by atoms with E-state index in [1.165, 1.54) is 23.4 Å². The average Bonchev–Trinajstić information content (AvgIpc) is 3.48. The molecule has 0 aromatic carbocycles. The molecule has 2 unspecified atom stereocenters. The molecule has 45 heavy (non-hydrogen) atoms. The molecule has 2 aromatic rings. The molecule has 0 radical (unpaired) electrons. The van der Waals surface area contributed by atoms with Crippen LogP contribution in [0.4, 0.5) is 28.6 Å². The van der Waals surface area contributed by atoms with Gasteiger partial charge in [-0.3, -0.25) is 30.4 Å². The van der Waals surface area contributed by atoms with E-state index >= 15 is 0 Å². The molecule has 2 aliphatic rings. The van der Waals surface area contributed by atoms with Crippen molar-refractivity contribution in [2.75, 3.05) is 37.4 Å². The number of hydrazine groups is 1. The molecular formula is C28H35F3N8O5S. The van der Waals surface area contributed by atoms with Crippen molar-refractivity contribution in [2.24, 2.45) is 4.99 Å². The first kappa shape index (κ1) is 33.9. The molecule has 0 bridgehead atoms. The number of rotatable bonds is 8. The lowest BCUT2D eigenvalue weighted by atomic mass is 10.0. The number of hydrogen-bond donors (Lipinski definition) is 4. The second kappa shape index (κ2) is 14.4. The fourth-order valence-electron chi connectivity index (χ4n) is 4.35. The van der Waals surface area contributed by atoms with Gasteiger partial charge in [0.05, 0.1) is 18.3 Å². The van der Waals surface area contributed by atoms with Crippen LogP contribution in [0.3, 0.4) is 0 Å². The lowest BCUT2D eigenvalue weighted by molar-refractivity contribution is -0.141. The lowest BCUT2D eigenvalue weighted by Gasteiger charge is -2.35. The number of anilines is 1. The van der Waals surface area contributed by atoms with Gasteiger partial charge in [0, 0.05) is 60.7 Å². The fourth-order valence-corrected chi connectivity index (χ4v) is 5.45. The molecule has 4 rings (SSSR count). The Morgan fingerprint density at radius 1 is 1.13 bits per heavy atom. The van der Waals surface area contributed by atoms with E-state index in [1.54, 1.807) is 40.0 Å². The van der Waals surface area contributed by atoms with Gasteiger partial charge in [-0.05, 0) is 45.4 Å². The summed E-state index contributed by atoms with van der Waals surface area (Å²) in [5, 5.41) is 5.31. The number of nitrogens with one attached hydrogen (secondary N) is 4. The molecule has 2 aliphatic heterocycles. The Morgan fingerprint density at radius 2 is 1.91 bits per heavy atom. The summed E-state index contributed by atoms with van der Waals surface area (Å²) in [4.78, 5) is 51.4. The minimum Gasteiger partial charge on any atom is -0.444 e. The minimum atomic E-state index is -4.49. The molecule has 4 N–H and O–H groups in total. The molecule has 0 aliphatic carbocycles. The minimum absolute atomic E-state index is 0.00161. The van der Waals surface area contributed by atoms with E-state index < -0.39 is 41.9 Å². The van der Waals surface area contributed by atoms with Crippen molar-refractivity contribution in [2.45, 2.75) is 58.1 Å². The van der Waals surface area contributed by atoms with Gasteiger partial charge < -0.3 is 14.8 Å². The van der Waals surface area contributed by atoms with Gasteiger partial charge in [0.1, 0.15) is 17.5 Å². The van der Waals surface area contributed by atoms with Gasteiger partial charge in [0.2, 0.25) is 0 Å². The maximum Gasteiger partial charge on any atom is 0.411 e. The van der Waals surface area contributed by atoms with Crippen molar-refractivity contribution in [1.82, 2.24) is 31.0 Å². The van der Waals surface area contributed by atoms with E-state index in [9.17, 15) is 27.6 Å². The Hall–Kier alpha value is -3.96. The first-order valence-corrected chi connectivity index (χ1v) is 15.1. The Morgan fingerprint density at radius 3 is 2.60 bits per heavy atom. The van der Waals surface area contributed by atoms with Crippen molar-refractivity contribution < 1.29 is 37.0 Å². The van der Waals surface area contributed by atoms with Gasteiger partial charge in [0.15, 0.2) is 6.04 Å². The normalized spacial score (nSPS) is 18.6. The van der Waals surface area contributed by atoms with Crippen molar-refractivity contribution >= 4 is 40.7 Å². The zero-order valence-corrected chi connectivity index (χ0v) is 26.0. The molecule has 0 spiro atoms. The van der Waals surface area contributed by atoms with Crippen LogP contribution in [0.5, 0.6) is 0 Å². The molecule has 244 valence electrons. The van der Waals surface area contributed by atoms with E-state index in [0.29, 0.717) is 28.8 Å². The quantitative estimate of drug-likeness (QED) is 0.313. The number of hydrogen-bond acceptors (Lipinski definition) is 10. The maximum atomic E-state index is 13.4. The van der Waals surface area contributed by atoms with Crippen molar-refractivity contribution in [3.8, 4) is 11.1 Å². The van der Waals surface area contributed by atoms with Gasteiger partial charge in [-0.25, -0.2) is 20.0 Å². The molecule has 4 heterocycles. The number of carbonyl (C=O) groups is 3. The number of aromatic nitrogens is 2. The number of nitrogens with zero attached hydrogens (tertiary/aromatic N) is 4. The average molecular weight is 653 g/mol. The number of halogens is 3. The molecular weight excluding hydrogens is 617 g/mol. The van der Waals surface area contributed by atoms with E-state index in [1.807, 2.05) is 0 Å². The highest BCUT2D eigenvalue weighted by Gasteiger charge is 2.43. The van der Waals surface area contributed by atoms with Crippen LogP contribution in [0.25, 0.3) is 11.1 Å². The van der Waals surface area contributed by atoms with Gasteiger partial charge in [0.25, 0.3) is 5.91 Å². The molecule has 2 atom stereocenters. The molecule has 17 heteroatoms. The van der Waals surface area contributed by atoms with Gasteiger partial charge in [-0.2, -0.15) is 13.2 Å². The van der Waals surface area contributed by atoms with Crippen molar-refractivity contribution in [3.05, 3.63) is 41.9 Å². The zero-order chi connectivity index (χ0) is 32.8. The van der Waals surface area contributed by atoms with Crippen molar-refractivity contribution in [1.29, 1.82) is 0 Å². The zero-order valence-electron chi connectivity index (χ0n) is 25.2. The summed E-state index contributed by atoms with van der Waals surface area (Å²) in [6.45, 7) is 7.91. The molecule has 4 amide bonds. The third-order valence-electron chi connectivity index (χ3n) is 6.41. The highest BCUT2D eigenvalue weighted by molar-refractivity contribution is 8.14. The van der Waals surface area contributed by atoms with Crippen LogP contribution < -0.4 is 21.5 Å². The molecule has 13 nitrogen and oxygen atoms in total. The number of thioether (sulfide) groups is 1. The van der Waals surface area contributed by atoms with Crippen LogP contribution in [0.1, 0.15) is 38.8 Å². The highest BCUT2D eigenvalue weighted by atomic mass is 32.2. The largest absolute Gasteiger partial charge is 0.444 e. The number of urea groups is 1. The predicted molar refractivity (Wildman–Crippen MR) is 162 cm³/mol. The number of morpholine rings is 1. The van der Waals surface area contributed by atoms with Crippen LogP contribution in [0, 0.1) is 0 Å². The van der Waals surface area contributed by atoms with Gasteiger partial charge in [-0.15, -0.1) is 11.8 Å². The number of amides is 4. The van der Waals surface area contributed by atoms with E-state index in [0.717, 1.165) is 11.8 Å². The summed E-state index contributed by atoms with van der Waals surface area (Å²) < 4.78 is 51.0. The van der Waals surface area contributed by atoms with Crippen LogP contribution in [0.2, 0.25) is 0 Å². The summed E-state index contributed by atoms with van der Waals surface area (Å²) in [5.41, 5.74) is 6.64. The van der Waals surface area contributed by atoms with Crippen LogP contribution in [0.15, 0.2) is 35.7 Å². The van der Waals surface area contributed by atoms with Crippen LogP contribution in [-0.2, 0) is 20.8 Å². The number of pyridine rings is 2. The maximum absolute atomic E-state index is 13.4. The number of aliphatic imine (C=N–C) groups is 1. The monoisotopic (exact) mass is 652 g/mol. The second-order valence-electron chi connectivity index (χ2n) is 11.1. The first-order valence-electron chi connectivity index (χ1n) is 14.1. The first-order chi connectivity index (χ1) is 21.2. The van der Waals surface area contributed by atoms with Gasteiger partial charge in [-0.1, -0.05) is 0 Å². The smallest absolute Gasteiger partial charge is 0.411 e. The topological polar surface area (TPSA) is 159 Å². The number of ether oxygens (including phenoxy) is 2. The third-order valence-corrected chi connectivity index (χ3v) is 7.49. The Balaban J connectivity index is 1.50. The van der Waals surface area contributed by atoms with Crippen LogP contribution >= 0.6 is 11.8 Å². The van der Waals surface area contributed by atoms with E-state index in [4.69, 9.17) is 9.47 Å². The fraction of sp³-hybridized carbons (Fsp3) is 0.500. The summed E-state index contributed by atoms with van der Waals surface area (Å²) in [6.07, 6.45) is -0.593.